The first-order chi connectivity index (χ1) is 14.3. The predicted octanol–water partition coefficient (Wildman–Crippen LogP) is 8.40. The minimum Gasteiger partial charge on any atom is -0.234 e. The topological polar surface area (TPSA) is 8.81 Å². The highest BCUT2D eigenvalue weighted by atomic mass is 15.1. The molecule has 1 heterocycles. The molecule has 0 aliphatic carbocycles. The molecule has 2 nitrogen and oxygen atoms in total. The minimum absolute atomic E-state index is 1.20. The monoisotopic (exact) mass is 405 g/mol. The van der Waals surface area contributed by atoms with E-state index in [1.54, 1.807) is 5.82 Å². The van der Waals surface area contributed by atoms with E-state index in [1.807, 2.05) is 0 Å². The molecule has 0 bridgehead atoms. The van der Waals surface area contributed by atoms with Gasteiger partial charge in [-0.05, 0) is 25.7 Å². The van der Waals surface area contributed by atoms with E-state index < -0.39 is 0 Å². The Labute approximate surface area is 183 Å². The lowest BCUT2D eigenvalue weighted by atomic mass is 10.1. The lowest BCUT2D eigenvalue weighted by Gasteiger charge is -2.06. The van der Waals surface area contributed by atoms with Crippen molar-refractivity contribution in [1.82, 2.24) is 4.57 Å². The van der Waals surface area contributed by atoms with Crippen LogP contribution < -0.4 is 4.57 Å². The Bertz CT molecular complexity index is 463. The average Bonchev–Trinajstić information content (AvgIpc) is 3.12. The molecule has 0 atom stereocenters. The van der Waals surface area contributed by atoms with E-state index in [-0.39, 0.29) is 0 Å². The van der Waals surface area contributed by atoms with Gasteiger partial charge in [0.15, 0.2) is 0 Å². The minimum atomic E-state index is 1.20. The number of hydrogen-bond donors (Lipinski definition) is 0. The normalized spacial score (nSPS) is 11.4. The van der Waals surface area contributed by atoms with E-state index in [2.05, 4.69) is 42.3 Å². The van der Waals surface area contributed by atoms with Crippen molar-refractivity contribution in [3.63, 3.8) is 0 Å². The van der Waals surface area contributed by atoms with Gasteiger partial charge < -0.3 is 0 Å². The molecule has 0 saturated carbocycles. The first-order valence-corrected chi connectivity index (χ1v) is 13.4. The summed E-state index contributed by atoms with van der Waals surface area (Å²) >= 11 is 0. The van der Waals surface area contributed by atoms with Gasteiger partial charge in [0.05, 0.1) is 13.1 Å². The molecule has 0 aliphatic rings. The van der Waals surface area contributed by atoms with Gasteiger partial charge in [-0.15, -0.1) is 0 Å². The zero-order valence-electron chi connectivity index (χ0n) is 20.4. The molecule has 0 aliphatic heterocycles. The molecular formula is C27H53N2+. The highest BCUT2D eigenvalue weighted by Gasteiger charge is 2.16. The molecular weight excluding hydrogens is 352 g/mol. The molecule has 1 aromatic rings. The lowest BCUT2D eigenvalue weighted by molar-refractivity contribution is -0.704. The van der Waals surface area contributed by atoms with Gasteiger partial charge in [0, 0.05) is 6.42 Å². The molecule has 0 spiro atoms. The van der Waals surface area contributed by atoms with Crippen LogP contribution in [0.5, 0.6) is 0 Å². The number of imidazole rings is 1. The Morgan fingerprint density at radius 2 is 1.07 bits per heavy atom. The maximum atomic E-state index is 2.58. The highest BCUT2D eigenvalue weighted by molar-refractivity contribution is 4.84. The second-order valence-corrected chi connectivity index (χ2v) is 9.15. The first-order valence-electron chi connectivity index (χ1n) is 13.4. The molecule has 170 valence electrons. The van der Waals surface area contributed by atoms with Crippen molar-refractivity contribution in [2.24, 2.45) is 0 Å². The van der Waals surface area contributed by atoms with Gasteiger partial charge in [-0.3, -0.25) is 0 Å². The second-order valence-electron chi connectivity index (χ2n) is 9.15. The highest BCUT2D eigenvalue weighted by Crippen LogP contribution is 2.13. The van der Waals surface area contributed by atoms with Gasteiger partial charge in [-0.25, -0.2) is 9.13 Å². The number of aromatic nitrogens is 2. The maximum Gasteiger partial charge on any atom is 0.256 e. The van der Waals surface area contributed by atoms with Crippen molar-refractivity contribution in [2.45, 2.75) is 156 Å². The van der Waals surface area contributed by atoms with Crippen LogP contribution in [0.1, 0.15) is 142 Å². The van der Waals surface area contributed by atoms with Crippen LogP contribution in [-0.2, 0) is 19.5 Å². The summed E-state index contributed by atoms with van der Waals surface area (Å²) in [7, 11) is 0. The average molecular weight is 406 g/mol. The van der Waals surface area contributed by atoms with Gasteiger partial charge in [0.2, 0.25) is 0 Å². The van der Waals surface area contributed by atoms with Crippen molar-refractivity contribution in [1.29, 1.82) is 0 Å². The Morgan fingerprint density at radius 3 is 1.62 bits per heavy atom. The molecule has 0 unspecified atom stereocenters. The van der Waals surface area contributed by atoms with Gasteiger partial charge in [-0.2, -0.15) is 0 Å². The Balaban J connectivity index is 2.30. The van der Waals surface area contributed by atoms with Crippen LogP contribution in [0.3, 0.4) is 0 Å². The smallest absolute Gasteiger partial charge is 0.234 e. The Morgan fingerprint density at radius 1 is 0.586 bits per heavy atom. The van der Waals surface area contributed by atoms with Crippen molar-refractivity contribution in [3.8, 4) is 0 Å². The zero-order chi connectivity index (χ0) is 21.0. The van der Waals surface area contributed by atoms with E-state index in [0.717, 1.165) is 0 Å². The predicted molar refractivity (Wildman–Crippen MR) is 128 cm³/mol. The van der Waals surface area contributed by atoms with Crippen molar-refractivity contribution < 1.29 is 4.57 Å². The second kappa shape index (κ2) is 19.2. The third-order valence-corrected chi connectivity index (χ3v) is 6.35. The molecule has 2 heteroatoms. The molecule has 0 N–H and O–H groups in total. The number of aryl methyl sites for hydroxylation is 2. The standard InChI is InChI=1S/C27H53N2/c1-4-7-10-12-14-15-16-18-20-22-27-28(23-9-6-3)25-26-29(27)24-21-19-17-13-11-8-5-2/h25-26H,4-24H2,1-3H3/q+1. The molecule has 0 amide bonds. The third kappa shape index (κ3) is 13.2. The summed E-state index contributed by atoms with van der Waals surface area (Å²) < 4.78 is 5.13. The number of unbranched alkanes of at least 4 members (excludes halogenated alkanes) is 15. The molecule has 0 fully saturated rings. The van der Waals surface area contributed by atoms with Crippen LogP contribution in [0.4, 0.5) is 0 Å². The largest absolute Gasteiger partial charge is 0.256 e. The summed E-state index contributed by atoms with van der Waals surface area (Å²) in [6.07, 6.45) is 31.1. The van der Waals surface area contributed by atoms with E-state index >= 15 is 0 Å². The molecule has 0 aromatic carbocycles. The molecule has 1 aromatic heterocycles. The van der Waals surface area contributed by atoms with Crippen molar-refractivity contribution >= 4 is 0 Å². The van der Waals surface area contributed by atoms with Crippen molar-refractivity contribution in [2.75, 3.05) is 0 Å². The summed E-state index contributed by atoms with van der Waals surface area (Å²) in [6.45, 7) is 9.33. The summed E-state index contributed by atoms with van der Waals surface area (Å²) in [4.78, 5) is 0. The number of rotatable bonds is 21. The van der Waals surface area contributed by atoms with Crippen LogP contribution in [0, 0.1) is 0 Å². The van der Waals surface area contributed by atoms with Gasteiger partial charge in [0.25, 0.3) is 5.82 Å². The van der Waals surface area contributed by atoms with Gasteiger partial charge in [-0.1, -0.05) is 111 Å². The zero-order valence-corrected chi connectivity index (χ0v) is 20.4. The maximum absolute atomic E-state index is 2.58. The molecule has 29 heavy (non-hydrogen) atoms. The summed E-state index contributed by atoms with van der Waals surface area (Å²) in [5, 5.41) is 0. The number of nitrogens with zero attached hydrogens (tertiary/aromatic N) is 2. The fourth-order valence-electron chi connectivity index (χ4n) is 4.35. The van der Waals surface area contributed by atoms with Gasteiger partial charge in [0.1, 0.15) is 12.4 Å². The van der Waals surface area contributed by atoms with E-state index in [4.69, 9.17) is 0 Å². The number of hydrogen-bond acceptors (Lipinski definition) is 0. The summed E-state index contributed by atoms with van der Waals surface area (Å²) in [5.41, 5.74) is 0. The quantitative estimate of drug-likeness (QED) is 0.143. The molecule has 1 rings (SSSR count). The van der Waals surface area contributed by atoms with E-state index in [1.165, 1.54) is 135 Å². The fourth-order valence-corrected chi connectivity index (χ4v) is 4.35. The van der Waals surface area contributed by atoms with Gasteiger partial charge >= 0.3 is 0 Å². The van der Waals surface area contributed by atoms with Crippen LogP contribution in [0.25, 0.3) is 0 Å². The SMILES string of the molecule is CCCCCCCCCCCc1n(CCCCCCCCC)cc[n+]1CCCC. The third-order valence-electron chi connectivity index (χ3n) is 6.35. The molecule has 0 radical (unpaired) electrons. The summed E-state index contributed by atoms with van der Waals surface area (Å²) in [5.74, 6) is 1.59. The van der Waals surface area contributed by atoms with Crippen LogP contribution in [0.15, 0.2) is 12.4 Å². The van der Waals surface area contributed by atoms with Crippen molar-refractivity contribution in [3.05, 3.63) is 18.2 Å². The Kier molecular flexibility index (Phi) is 17.4. The van der Waals surface area contributed by atoms with Crippen LogP contribution in [-0.4, -0.2) is 4.57 Å². The Hall–Kier alpha value is -0.790. The molecule has 0 saturated heterocycles. The van der Waals surface area contributed by atoms with E-state index in [0.29, 0.717) is 0 Å². The van der Waals surface area contributed by atoms with Crippen LogP contribution in [0.2, 0.25) is 0 Å². The first kappa shape index (κ1) is 26.2. The summed E-state index contributed by atoms with van der Waals surface area (Å²) in [6, 6.07) is 0. The van der Waals surface area contributed by atoms with Crippen LogP contribution >= 0.6 is 0 Å². The fraction of sp³-hybridized carbons (Fsp3) is 0.889. The lowest BCUT2D eigenvalue weighted by Crippen LogP contribution is -2.37. The van der Waals surface area contributed by atoms with E-state index in [9.17, 15) is 0 Å².